The van der Waals surface area contributed by atoms with Gasteiger partial charge in [-0.1, -0.05) is 6.92 Å². The molecule has 0 radical (unpaired) electrons. The van der Waals surface area contributed by atoms with Gasteiger partial charge in [0.2, 0.25) is 5.43 Å². The predicted octanol–water partition coefficient (Wildman–Crippen LogP) is 2.50. The lowest BCUT2D eigenvalue weighted by atomic mass is 10.0. The fraction of sp³-hybridized carbons (Fsp3) is 0.435. The highest BCUT2D eigenvalue weighted by Crippen LogP contribution is 2.62. The van der Waals surface area contributed by atoms with Crippen LogP contribution in [-0.2, 0) is 12.1 Å². The molecule has 1 aromatic heterocycles. The first-order chi connectivity index (χ1) is 15.6. The highest BCUT2D eigenvalue weighted by Gasteiger charge is 2.67. The van der Waals surface area contributed by atoms with E-state index in [0.29, 0.717) is 18.7 Å². The van der Waals surface area contributed by atoms with Crippen molar-refractivity contribution in [2.75, 3.05) is 6.54 Å². The van der Waals surface area contributed by atoms with Crippen molar-refractivity contribution in [3.8, 4) is 5.75 Å². The Hall–Kier alpha value is -3.30. The monoisotopic (exact) mass is 461 g/mol. The van der Waals surface area contributed by atoms with Gasteiger partial charge in [0.1, 0.15) is 23.0 Å². The summed E-state index contributed by atoms with van der Waals surface area (Å²) >= 11 is 0. The molecule has 2 aromatic rings. The van der Waals surface area contributed by atoms with Gasteiger partial charge in [-0.25, -0.2) is 13.2 Å². The lowest BCUT2D eigenvalue weighted by molar-refractivity contribution is 0.0559. The third kappa shape index (κ3) is 2.92. The van der Waals surface area contributed by atoms with Crippen LogP contribution in [0.2, 0.25) is 0 Å². The highest BCUT2D eigenvalue weighted by molar-refractivity contribution is 5.99. The molecule has 3 heterocycles. The predicted molar refractivity (Wildman–Crippen MR) is 110 cm³/mol. The molecule has 2 aliphatic heterocycles. The summed E-state index contributed by atoms with van der Waals surface area (Å²) in [7, 11) is 0. The molecule has 7 nitrogen and oxygen atoms in total. The Morgan fingerprint density at radius 2 is 1.85 bits per heavy atom. The lowest BCUT2D eigenvalue weighted by Gasteiger charge is -2.39. The van der Waals surface area contributed by atoms with Crippen molar-refractivity contribution in [1.29, 1.82) is 0 Å². The molecule has 33 heavy (non-hydrogen) atoms. The Bertz CT molecular complexity index is 1250. The van der Waals surface area contributed by atoms with Gasteiger partial charge in [0.05, 0.1) is 5.54 Å². The number of carbonyl (C=O) groups excluding carboxylic acids is 2. The Morgan fingerprint density at radius 3 is 2.52 bits per heavy atom. The average molecular weight is 461 g/mol. The maximum Gasteiger partial charge on any atom is 0.274 e. The number of nitrogens with one attached hydrogen (secondary N) is 1. The third-order valence-electron chi connectivity index (χ3n) is 7.65. The van der Waals surface area contributed by atoms with Crippen LogP contribution in [0.25, 0.3) is 0 Å². The Labute approximate surface area is 186 Å². The molecule has 174 valence electrons. The minimum atomic E-state index is -1.18. The van der Waals surface area contributed by atoms with E-state index in [0.717, 1.165) is 12.8 Å². The fourth-order valence-corrected chi connectivity index (χ4v) is 5.66. The van der Waals surface area contributed by atoms with Crippen LogP contribution in [0, 0.1) is 29.3 Å². The summed E-state index contributed by atoms with van der Waals surface area (Å²) in [5, 5.41) is 12.9. The van der Waals surface area contributed by atoms with Gasteiger partial charge >= 0.3 is 0 Å². The standard InChI is InChI=1S/C23H22F3N3O4/c1-10-3-4-15-11(2)23(15)9-28(10)22(33)18-20(31)19(30)14(8-29(18)23)21(32)27-7-13-16(25)5-12(24)6-17(13)26/h5-6,8,10-11,15,31H,3-4,7,9H2,1-2H3,(H,27,32)/t10-,11-,15+,23+/m1/s1. The van der Waals surface area contributed by atoms with Gasteiger partial charge < -0.3 is 19.9 Å². The summed E-state index contributed by atoms with van der Waals surface area (Å²) in [4.78, 5) is 40.4. The zero-order chi connectivity index (χ0) is 23.8. The molecule has 2 fully saturated rings. The van der Waals surface area contributed by atoms with Gasteiger partial charge in [-0.05, 0) is 31.6 Å². The Balaban J connectivity index is 1.54. The van der Waals surface area contributed by atoms with Crippen molar-refractivity contribution in [3.63, 3.8) is 0 Å². The first-order valence-corrected chi connectivity index (χ1v) is 10.8. The summed E-state index contributed by atoms with van der Waals surface area (Å²) in [6.45, 7) is 3.75. The van der Waals surface area contributed by atoms with Crippen LogP contribution < -0.4 is 10.7 Å². The molecular weight excluding hydrogens is 439 g/mol. The second kappa shape index (κ2) is 7.10. The number of benzene rings is 1. The Morgan fingerprint density at radius 1 is 1.18 bits per heavy atom. The van der Waals surface area contributed by atoms with Crippen LogP contribution >= 0.6 is 0 Å². The highest BCUT2D eigenvalue weighted by atomic mass is 19.1. The molecule has 10 heteroatoms. The number of aromatic hydroxyl groups is 1. The van der Waals surface area contributed by atoms with E-state index < -0.39 is 63.7 Å². The molecule has 3 aliphatic rings. The largest absolute Gasteiger partial charge is 0.503 e. The third-order valence-corrected chi connectivity index (χ3v) is 7.65. The van der Waals surface area contributed by atoms with Crippen LogP contribution in [0.5, 0.6) is 5.75 Å². The summed E-state index contributed by atoms with van der Waals surface area (Å²) in [5.41, 5.74) is -2.71. The van der Waals surface area contributed by atoms with Gasteiger partial charge in [-0.3, -0.25) is 14.4 Å². The smallest absolute Gasteiger partial charge is 0.274 e. The minimum absolute atomic E-state index is 0.0406. The summed E-state index contributed by atoms with van der Waals surface area (Å²) in [5.74, 6) is -5.31. The lowest BCUT2D eigenvalue weighted by Crippen LogP contribution is -2.52. The molecule has 2 bridgehead atoms. The summed E-state index contributed by atoms with van der Waals surface area (Å²) in [6, 6.07) is 0.936. The molecule has 1 aliphatic carbocycles. The van der Waals surface area contributed by atoms with Gasteiger partial charge in [-0.2, -0.15) is 0 Å². The van der Waals surface area contributed by atoms with E-state index in [1.165, 1.54) is 6.20 Å². The normalized spacial score (nSPS) is 27.5. The van der Waals surface area contributed by atoms with E-state index in [1.54, 1.807) is 9.47 Å². The van der Waals surface area contributed by atoms with Crippen molar-refractivity contribution < 1.29 is 27.9 Å². The van der Waals surface area contributed by atoms with E-state index in [4.69, 9.17) is 0 Å². The number of nitrogens with zero attached hydrogens (tertiary/aromatic N) is 2. The molecule has 1 aromatic carbocycles. The average Bonchev–Trinajstić information content (AvgIpc) is 3.35. The van der Waals surface area contributed by atoms with Crippen LogP contribution in [0.15, 0.2) is 23.1 Å². The molecule has 0 unspecified atom stereocenters. The van der Waals surface area contributed by atoms with Gasteiger partial charge in [0.15, 0.2) is 11.4 Å². The number of fused-ring (bicyclic) bond motifs is 2. The Kier molecular flexibility index (Phi) is 4.63. The SMILES string of the molecule is C[C@@H]1CC[C@H]2[C@@H](C)[C@@]23CN1C(=O)c1c(O)c(=O)c(C(=O)NCc2c(F)cc(F)cc2F)cn13. The number of carbonyl (C=O) groups is 2. The summed E-state index contributed by atoms with van der Waals surface area (Å²) < 4.78 is 42.5. The second-order valence-electron chi connectivity index (χ2n) is 9.22. The second-order valence-corrected chi connectivity index (χ2v) is 9.22. The minimum Gasteiger partial charge on any atom is -0.503 e. The number of amides is 2. The number of hydrogen-bond donors (Lipinski definition) is 2. The quantitative estimate of drug-likeness (QED) is 0.735. The maximum absolute atomic E-state index is 13.9. The van der Waals surface area contributed by atoms with Gasteiger partial charge in [0.25, 0.3) is 11.8 Å². The zero-order valence-electron chi connectivity index (χ0n) is 18.0. The van der Waals surface area contributed by atoms with E-state index in [9.17, 15) is 32.7 Å². The van der Waals surface area contributed by atoms with Crippen molar-refractivity contribution in [2.45, 2.75) is 44.8 Å². The van der Waals surface area contributed by atoms with E-state index in [2.05, 4.69) is 5.32 Å². The van der Waals surface area contributed by atoms with Crippen LogP contribution in [0.3, 0.4) is 0 Å². The number of halogens is 3. The molecule has 2 N–H and O–H groups in total. The topological polar surface area (TPSA) is 91.6 Å². The molecule has 1 spiro atoms. The number of aromatic nitrogens is 1. The van der Waals surface area contributed by atoms with Crippen molar-refractivity contribution in [2.24, 2.45) is 11.8 Å². The number of hydrogen-bond acceptors (Lipinski definition) is 4. The van der Waals surface area contributed by atoms with Crippen molar-refractivity contribution in [3.05, 3.63) is 62.8 Å². The first kappa shape index (κ1) is 21.5. The summed E-state index contributed by atoms with van der Waals surface area (Å²) in [6.07, 6.45) is 2.93. The van der Waals surface area contributed by atoms with E-state index in [-0.39, 0.29) is 23.6 Å². The van der Waals surface area contributed by atoms with Crippen LogP contribution in [-0.4, -0.2) is 39.0 Å². The number of rotatable bonds is 3. The zero-order valence-corrected chi connectivity index (χ0v) is 18.0. The molecule has 2 amide bonds. The van der Waals surface area contributed by atoms with Crippen molar-refractivity contribution >= 4 is 11.8 Å². The van der Waals surface area contributed by atoms with E-state index >= 15 is 0 Å². The molecule has 1 saturated carbocycles. The molecule has 5 rings (SSSR count). The van der Waals surface area contributed by atoms with E-state index in [1.807, 2.05) is 13.8 Å². The van der Waals surface area contributed by atoms with Gasteiger partial charge in [-0.15, -0.1) is 0 Å². The maximum atomic E-state index is 13.9. The van der Waals surface area contributed by atoms with Gasteiger partial charge in [0, 0.05) is 43.0 Å². The fourth-order valence-electron chi connectivity index (χ4n) is 5.66. The van der Waals surface area contributed by atoms with Crippen molar-refractivity contribution in [1.82, 2.24) is 14.8 Å². The molecular formula is C23H22F3N3O4. The molecule has 1 saturated heterocycles. The first-order valence-electron chi connectivity index (χ1n) is 10.8. The molecule has 4 atom stereocenters. The van der Waals surface area contributed by atoms with Crippen LogP contribution in [0.4, 0.5) is 13.2 Å². The van der Waals surface area contributed by atoms with Crippen LogP contribution in [0.1, 0.15) is 53.1 Å². The number of pyridine rings is 1.